The van der Waals surface area contributed by atoms with Gasteiger partial charge in [-0.05, 0) is 19.8 Å². The van der Waals surface area contributed by atoms with Crippen LogP contribution in [0.4, 0.5) is 4.79 Å². The average molecular weight is 239 g/mol. The highest BCUT2D eigenvalue weighted by Crippen LogP contribution is 2.16. The van der Waals surface area contributed by atoms with Crippen molar-refractivity contribution in [2.45, 2.75) is 25.8 Å². The number of nitrogens with zero attached hydrogens (tertiary/aromatic N) is 2. The van der Waals surface area contributed by atoms with Crippen molar-refractivity contribution in [1.29, 1.82) is 0 Å². The minimum Gasteiger partial charge on any atom is -0.322 e. The molecule has 2 heterocycles. The molecule has 1 aliphatic rings. The lowest BCUT2D eigenvalue weighted by Gasteiger charge is -2.20. The molecule has 1 fully saturated rings. The van der Waals surface area contributed by atoms with Crippen LogP contribution in [0, 0.1) is 0 Å². The van der Waals surface area contributed by atoms with Crippen molar-refractivity contribution in [2.75, 3.05) is 6.54 Å². The first-order chi connectivity index (χ1) is 7.68. The van der Waals surface area contributed by atoms with Crippen LogP contribution in [0.3, 0.4) is 0 Å². The Morgan fingerprint density at radius 1 is 1.62 bits per heavy atom. The maximum absolute atomic E-state index is 11.7. The van der Waals surface area contributed by atoms with E-state index in [9.17, 15) is 9.59 Å². The largest absolute Gasteiger partial charge is 0.324 e. The molecule has 0 aromatic carbocycles. The van der Waals surface area contributed by atoms with Crippen molar-refractivity contribution in [2.24, 2.45) is 0 Å². The van der Waals surface area contributed by atoms with Gasteiger partial charge in [0.1, 0.15) is 0 Å². The van der Waals surface area contributed by atoms with Gasteiger partial charge in [-0.1, -0.05) is 0 Å². The quantitative estimate of drug-likeness (QED) is 0.807. The first-order valence-corrected chi connectivity index (χ1v) is 6.08. The maximum atomic E-state index is 11.7. The fourth-order valence-electron chi connectivity index (χ4n) is 1.79. The van der Waals surface area contributed by atoms with Gasteiger partial charge in [0.2, 0.25) is 0 Å². The third-order valence-electron chi connectivity index (χ3n) is 2.66. The van der Waals surface area contributed by atoms with Crippen molar-refractivity contribution in [3.63, 3.8) is 0 Å². The molecule has 1 saturated heterocycles. The predicted molar refractivity (Wildman–Crippen MR) is 60.4 cm³/mol. The standard InChI is InChI=1S/C10H13N3O2S/c1-7-3-2-5-13(7)10(15)12-8(14)9-11-4-6-16-9/h4,6-7H,2-3,5H2,1H3,(H,12,14,15). The predicted octanol–water partition coefficient (Wildman–Crippen LogP) is 1.48. The lowest BCUT2D eigenvalue weighted by Crippen LogP contribution is -2.44. The number of urea groups is 1. The SMILES string of the molecule is CC1CCCN1C(=O)NC(=O)c1nccs1. The zero-order valence-electron chi connectivity index (χ0n) is 8.97. The zero-order chi connectivity index (χ0) is 11.5. The van der Waals surface area contributed by atoms with Gasteiger partial charge in [-0.15, -0.1) is 11.3 Å². The van der Waals surface area contributed by atoms with Crippen LogP contribution in [0.2, 0.25) is 0 Å². The Labute approximate surface area is 97.5 Å². The van der Waals surface area contributed by atoms with Crippen molar-refractivity contribution >= 4 is 23.3 Å². The molecule has 16 heavy (non-hydrogen) atoms. The number of imide groups is 1. The summed E-state index contributed by atoms with van der Waals surface area (Å²) in [4.78, 5) is 28.8. The summed E-state index contributed by atoms with van der Waals surface area (Å²) in [7, 11) is 0. The molecule has 0 aliphatic carbocycles. The lowest BCUT2D eigenvalue weighted by molar-refractivity contribution is 0.0951. The molecule has 1 aromatic rings. The molecule has 5 nitrogen and oxygen atoms in total. The number of thiazole rings is 1. The lowest BCUT2D eigenvalue weighted by atomic mass is 10.2. The number of hydrogen-bond acceptors (Lipinski definition) is 4. The van der Waals surface area contributed by atoms with Crippen LogP contribution < -0.4 is 5.32 Å². The van der Waals surface area contributed by atoms with Gasteiger partial charge >= 0.3 is 6.03 Å². The maximum Gasteiger partial charge on any atom is 0.324 e. The minimum atomic E-state index is -0.418. The van der Waals surface area contributed by atoms with Gasteiger partial charge in [-0.3, -0.25) is 10.1 Å². The summed E-state index contributed by atoms with van der Waals surface area (Å²) in [5, 5.41) is 4.38. The third-order valence-corrected chi connectivity index (χ3v) is 3.43. The summed E-state index contributed by atoms with van der Waals surface area (Å²) in [5.74, 6) is -0.418. The van der Waals surface area contributed by atoms with E-state index in [0.29, 0.717) is 5.01 Å². The van der Waals surface area contributed by atoms with Crippen molar-refractivity contribution in [3.8, 4) is 0 Å². The van der Waals surface area contributed by atoms with Crippen LogP contribution in [-0.4, -0.2) is 34.4 Å². The fraction of sp³-hybridized carbons (Fsp3) is 0.500. The van der Waals surface area contributed by atoms with Crippen molar-refractivity contribution in [1.82, 2.24) is 15.2 Å². The number of hydrogen-bond donors (Lipinski definition) is 1. The zero-order valence-corrected chi connectivity index (χ0v) is 9.79. The summed E-state index contributed by atoms with van der Waals surface area (Å²) in [5.41, 5.74) is 0. The van der Waals surface area contributed by atoms with Gasteiger partial charge in [0.05, 0.1) is 0 Å². The van der Waals surface area contributed by atoms with E-state index < -0.39 is 5.91 Å². The summed E-state index contributed by atoms with van der Waals surface area (Å²) >= 11 is 1.22. The molecule has 1 unspecified atom stereocenters. The first-order valence-electron chi connectivity index (χ1n) is 5.20. The molecule has 86 valence electrons. The molecular formula is C10H13N3O2S. The van der Waals surface area contributed by atoms with Crippen LogP contribution in [0.25, 0.3) is 0 Å². The monoisotopic (exact) mass is 239 g/mol. The van der Waals surface area contributed by atoms with Gasteiger partial charge < -0.3 is 4.90 Å². The Balaban J connectivity index is 1.95. The molecule has 1 aliphatic heterocycles. The van der Waals surface area contributed by atoms with E-state index in [1.807, 2.05) is 6.92 Å². The minimum absolute atomic E-state index is 0.212. The van der Waals surface area contributed by atoms with Gasteiger partial charge in [0.25, 0.3) is 5.91 Å². The molecule has 1 N–H and O–H groups in total. The molecule has 1 aromatic heterocycles. The van der Waals surface area contributed by atoms with E-state index in [2.05, 4.69) is 10.3 Å². The normalized spacial score (nSPS) is 19.8. The summed E-state index contributed by atoms with van der Waals surface area (Å²) in [6.07, 6.45) is 3.54. The Kier molecular flexibility index (Phi) is 3.19. The van der Waals surface area contributed by atoms with Crippen molar-refractivity contribution < 1.29 is 9.59 Å². The van der Waals surface area contributed by atoms with E-state index in [1.165, 1.54) is 11.3 Å². The molecule has 0 saturated carbocycles. The molecule has 2 rings (SSSR count). The Bertz CT molecular complexity index is 391. The van der Waals surface area contributed by atoms with E-state index in [-0.39, 0.29) is 12.1 Å². The first kappa shape index (κ1) is 11.1. The third kappa shape index (κ3) is 2.21. The van der Waals surface area contributed by atoms with Crippen molar-refractivity contribution in [3.05, 3.63) is 16.6 Å². The van der Waals surface area contributed by atoms with Crippen LogP contribution in [0.15, 0.2) is 11.6 Å². The fourth-order valence-corrected chi connectivity index (χ4v) is 2.32. The highest BCUT2D eigenvalue weighted by Gasteiger charge is 2.26. The molecule has 0 radical (unpaired) electrons. The number of carbonyl (C=O) groups excluding carboxylic acids is 2. The Hall–Kier alpha value is -1.43. The Morgan fingerprint density at radius 3 is 3.00 bits per heavy atom. The molecule has 0 spiro atoms. The number of carbonyl (C=O) groups is 2. The van der Waals surface area contributed by atoms with E-state index in [1.54, 1.807) is 16.5 Å². The van der Waals surface area contributed by atoms with Gasteiger partial charge in [0, 0.05) is 24.2 Å². The second kappa shape index (κ2) is 4.61. The van der Waals surface area contributed by atoms with E-state index in [0.717, 1.165) is 19.4 Å². The summed E-state index contributed by atoms with van der Waals surface area (Å²) in [6, 6.07) is -0.103. The smallest absolute Gasteiger partial charge is 0.322 e. The second-order valence-electron chi connectivity index (χ2n) is 3.78. The highest BCUT2D eigenvalue weighted by molar-refractivity contribution is 7.11. The summed E-state index contributed by atoms with van der Waals surface area (Å²) < 4.78 is 0. The Morgan fingerprint density at radius 2 is 2.44 bits per heavy atom. The molecule has 0 bridgehead atoms. The number of amides is 3. The van der Waals surface area contributed by atoms with Gasteiger partial charge in [0.15, 0.2) is 5.01 Å². The van der Waals surface area contributed by atoms with Crippen LogP contribution in [-0.2, 0) is 0 Å². The number of likely N-dealkylation sites (tertiary alicyclic amines) is 1. The molecule has 1 atom stereocenters. The molecular weight excluding hydrogens is 226 g/mol. The highest BCUT2D eigenvalue weighted by atomic mass is 32.1. The van der Waals surface area contributed by atoms with Gasteiger partial charge in [-0.2, -0.15) is 0 Å². The van der Waals surface area contributed by atoms with E-state index in [4.69, 9.17) is 0 Å². The number of aromatic nitrogens is 1. The van der Waals surface area contributed by atoms with Gasteiger partial charge in [-0.25, -0.2) is 9.78 Å². The average Bonchev–Trinajstić information content (AvgIpc) is 2.86. The molecule has 6 heteroatoms. The topological polar surface area (TPSA) is 62.3 Å². The number of nitrogens with one attached hydrogen (secondary N) is 1. The summed E-state index contributed by atoms with van der Waals surface area (Å²) in [6.45, 7) is 2.71. The van der Waals surface area contributed by atoms with Crippen LogP contribution in [0.5, 0.6) is 0 Å². The van der Waals surface area contributed by atoms with Crippen LogP contribution in [0.1, 0.15) is 29.6 Å². The second-order valence-corrected chi connectivity index (χ2v) is 4.68. The number of rotatable bonds is 1. The van der Waals surface area contributed by atoms with Crippen LogP contribution >= 0.6 is 11.3 Å². The molecule has 3 amide bonds. The van der Waals surface area contributed by atoms with E-state index >= 15 is 0 Å².